The lowest BCUT2D eigenvalue weighted by Crippen LogP contribution is -2.43. The number of aromatic nitrogens is 2. The van der Waals surface area contributed by atoms with Crippen molar-refractivity contribution >= 4 is 22.8 Å². The highest BCUT2D eigenvalue weighted by molar-refractivity contribution is 5.97. The molecule has 1 aliphatic rings. The van der Waals surface area contributed by atoms with Crippen LogP contribution in [0.25, 0.3) is 11.0 Å². The maximum atomic E-state index is 14.3. The van der Waals surface area contributed by atoms with Gasteiger partial charge >= 0.3 is 0 Å². The van der Waals surface area contributed by atoms with Gasteiger partial charge in [0.15, 0.2) is 0 Å². The van der Waals surface area contributed by atoms with Crippen LogP contribution in [0.15, 0.2) is 48.8 Å². The van der Waals surface area contributed by atoms with Crippen LogP contribution < -0.4 is 5.32 Å². The molecule has 0 saturated carbocycles. The van der Waals surface area contributed by atoms with Crippen LogP contribution in [0.5, 0.6) is 0 Å². The Morgan fingerprint density at radius 2 is 1.93 bits per heavy atom. The molecule has 2 aromatic carbocycles. The Labute approximate surface area is 161 Å². The molecule has 2 heterocycles. The molecule has 0 spiro atoms. The zero-order valence-corrected chi connectivity index (χ0v) is 15.3. The van der Waals surface area contributed by atoms with Crippen molar-refractivity contribution in [1.29, 1.82) is 0 Å². The number of rotatable bonds is 4. The maximum Gasteiger partial charge on any atom is 0.256 e. The van der Waals surface area contributed by atoms with Gasteiger partial charge in [0.1, 0.15) is 5.82 Å². The summed E-state index contributed by atoms with van der Waals surface area (Å²) in [6.45, 7) is 1.36. The summed E-state index contributed by atoms with van der Waals surface area (Å²) >= 11 is 0. The lowest BCUT2D eigenvalue weighted by atomic mass is 9.95. The van der Waals surface area contributed by atoms with Gasteiger partial charge in [-0.15, -0.1) is 0 Å². The fourth-order valence-electron chi connectivity index (χ4n) is 3.56. The molecular weight excluding hydrogens is 359 g/mol. The summed E-state index contributed by atoms with van der Waals surface area (Å²) in [7, 11) is 0. The Hall–Kier alpha value is -3.22. The van der Waals surface area contributed by atoms with E-state index in [2.05, 4.69) is 15.3 Å². The average Bonchev–Trinajstić information content (AvgIpc) is 3.19. The summed E-state index contributed by atoms with van der Waals surface area (Å²) in [5.41, 5.74) is 2.18. The van der Waals surface area contributed by atoms with E-state index in [9.17, 15) is 14.0 Å². The third-order valence-electron chi connectivity index (χ3n) is 5.20. The van der Waals surface area contributed by atoms with Crippen molar-refractivity contribution in [3.63, 3.8) is 0 Å². The Bertz CT molecular complexity index is 994. The summed E-state index contributed by atoms with van der Waals surface area (Å²) in [5, 5.41) is 2.96. The van der Waals surface area contributed by atoms with Gasteiger partial charge in [-0.2, -0.15) is 0 Å². The number of hydrogen-bond donors (Lipinski definition) is 2. The molecule has 1 aliphatic heterocycles. The second-order valence-electron chi connectivity index (χ2n) is 7.02. The van der Waals surface area contributed by atoms with Gasteiger partial charge in [0, 0.05) is 31.6 Å². The lowest BCUT2D eigenvalue weighted by molar-refractivity contribution is -0.126. The number of piperidine rings is 1. The zero-order chi connectivity index (χ0) is 19.5. The number of halogens is 1. The number of likely N-dealkylation sites (tertiary alicyclic amines) is 1. The number of amides is 2. The highest BCUT2D eigenvalue weighted by Crippen LogP contribution is 2.22. The van der Waals surface area contributed by atoms with Crippen LogP contribution in [-0.2, 0) is 11.3 Å². The first-order valence-electron chi connectivity index (χ1n) is 9.35. The number of imidazole rings is 1. The summed E-state index contributed by atoms with van der Waals surface area (Å²) in [5.74, 6) is -1.05. The molecule has 1 saturated heterocycles. The first kappa shape index (κ1) is 18.2. The third-order valence-corrected chi connectivity index (χ3v) is 5.20. The van der Waals surface area contributed by atoms with Crippen LogP contribution in [0.3, 0.4) is 0 Å². The molecule has 6 nitrogen and oxygen atoms in total. The maximum absolute atomic E-state index is 14.3. The van der Waals surface area contributed by atoms with Gasteiger partial charge in [-0.25, -0.2) is 9.37 Å². The summed E-state index contributed by atoms with van der Waals surface area (Å²) in [6, 6.07) is 12.5. The van der Waals surface area contributed by atoms with Crippen LogP contribution in [0.4, 0.5) is 4.39 Å². The number of aromatic amines is 1. The number of fused-ring (bicyclic) bond motifs is 1. The molecule has 0 radical (unpaired) electrons. The highest BCUT2D eigenvalue weighted by atomic mass is 19.1. The Balaban J connectivity index is 1.34. The zero-order valence-electron chi connectivity index (χ0n) is 15.3. The van der Waals surface area contributed by atoms with Crippen molar-refractivity contribution in [2.75, 3.05) is 13.1 Å². The van der Waals surface area contributed by atoms with Crippen molar-refractivity contribution in [2.45, 2.75) is 19.4 Å². The number of hydrogen-bond acceptors (Lipinski definition) is 3. The molecule has 144 valence electrons. The number of carbonyl (C=O) groups excluding carboxylic acids is 2. The number of nitrogens with one attached hydrogen (secondary N) is 2. The standard InChI is InChI=1S/C21H21FN4O2/c22-17-11-19-18(24-13-25-19)10-16(17)21(28)26-8-6-15(7-9-26)20(27)23-12-14-4-2-1-3-5-14/h1-5,10-11,13,15H,6-9,12H2,(H,23,27)(H,24,25). The second-order valence-corrected chi connectivity index (χ2v) is 7.02. The minimum Gasteiger partial charge on any atom is -0.352 e. The molecule has 0 atom stereocenters. The minimum atomic E-state index is -0.565. The molecular formula is C21H21FN4O2. The number of nitrogens with zero attached hydrogens (tertiary/aromatic N) is 2. The average molecular weight is 380 g/mol. The van der Waals surface area contributed by atoms with E-state index in [1.807, 2.05) is 30.3 Å². The molecule has 2 amide bonds. The van der Waals surface area contributed by atoms with Crippen molar-refractivity contribution in [3.05, 3.63) is 65.7 Å². The highest BCUT2D eigenvalue weighted by Gasteiger charge is 2.29. The van der Waals surface area contributed by atoms with Crippen LogP contribution in [0.2, 0.25) is 0 Å². The normalized spacial score (nSPS) is 15.0. The molecule has 7 heteroatoms. The van der Waals surface area contributed by atoms with Gasteiger partial charge in [-0.3, -0.25) is 9.59 Å². The van der Waals surface area contributed by atoms with Gasteiger partial charge < -0.3 is 15.2 Å². The van der Waals surface area contributed by atoms with Gasteiger partial charge in [0.2, 0.25) is 5.91 Å². The molecule has 0 bridgehead atoms. The predicted octanol–water partition coefficient (Wildman–Crippen LogP) is 2.87. The SMILES string of the molecule is O=C(NCc1ccccc1)C1CCN(C(=O)c2cc3nc[nH]c3cc2F)CC1. The van der Waals surface area contributed by atoms with Crippen LogP contribution in [-0.4, -0.2) is 39.8 Å². The monoisotopic (exact) mass is 380 g/mol. The fraction of sp³-hybridized carbons (Fsp3) is 0.286. The van der Waals surface area contributed by atoms with E-state index in [-0.39, 0.29) is 23.3 Å². The summed E-state index contributed by atoms with van der Waals surface area (Å²) < 4.78 is 14.3. The van der Waals surface area contributed by atoms with E-state index >= 15 is 0 Å². The van der Waals surface area contributed by atoms with E-state index < -0.39 is 5.82 Å². The molecule has 2 N–H and O–H groups in total. The largest absolute Gasteiger partial charge is 0.352 e. The van der Waals surface area contributed by atoms with E-state index in [4.69, 9.17) is 0 Å². The Morgan fingerprint density at radius 3 is 2.68 bits per heavy atom. The van der Waals surface area contributed by atoms with Gasteiger partial charge in [-0.1, -0.05) is 30.3 Å². The second kappa shape index (κ2) is 7.80. The first-order valence-corrected chi connectivity index (χ1v) is 9.35. The number of benzene rings is 2. The Morgan fingerprint density at radius 1 is 1.18 bits per heavy atom. The van der Waals surface area contributed by atoms with Crippen LogP contribution >= 0.6 is 0 Å². The fourth-order valence-corrected chi connectivity index (χ4v) is 3.56. The molecule has 28 heavy (non-hydrogen) atoms. The quantitative estimate of drug-likeness (QED) is 0.731. The predicted molar refractivity (Wildman–Crippen MR) is 103 cm³/mol. The minimum absolute atomic E-state index is 0.0000694. The van der Waals surface area contributed by atoms with Crippen molar-refractivity contribution in [2.24, 2.45) is 5.92 Å². The van der Waals surface area contributed by atoms with Crippen molar-refractivity contribution in [1.82, 2.24) is 20.2 Å². The van der Waals surface area contributed by atoms with E-state index in [0.29, 0.717) is 43.5 Å². The van der Waals surface area contributed by atoms with Gasteiger partial charge in [0.05, 0.1) is 22.9 Å². The van der Waals surface area contributed by atoms with Crippen molar-refractivity contribution < 1.29 is 14.0 Å². The van der Waals surface area contributed by atoms with Gasteiger partial charge in [-0.05, 0) is 24.5 Å². The molecule has 3 aromatic rings. The van der Waals surface area contributed by atoms with Crippen LogP contribution in [0.1, 0.15) is 28.8 Å². The smallest absolute Gasteiger partial charge is 0.256 e. The number of H-pyrrole nitrogens is 1. The number of carbonyl (C=O) groups is 2. The van der Waals surface area contributed by atoms with E-state index in [0.717, 1.165) is 5.56 Å². The van der Waals surface area contributed by atoms with E-state index in [1.54, 1.807) is 4.90 Å². The topological polar surface area (TPSA) is 78.1 Å². The molecule has 1 fully saturated rings. The Kier molecular flexibility index (Phi) is 5.06. The molecule has 0 aliphatic carbocycles. The lowest BCUT2D eigenvalue weighted by Gasteiger charge is -2.31. The third kappa shape index (κ3) is 3.74. The van der Waals surface area contributed by atoms with Crippen LogP contribution in [0, 0.1) is 11.7 Å². The first-order chi connectivity index (χ1) is 13.6. The van der Waals surface area contributed by atoms with Gasteiger partial charge in [0.25, 0.3) is 5.91 Å². The molecule has 0 unspecified atom stereocenters. The molecule has 4 rings (SSSR count). The van der Waals surface area contributed by atoms with E-state index in [1.165, 1.54) is 18.5 Å². The summed E-state index contributed by atoms with van der Waals surface area (Å²) in [6.07, 6.45) is 2.61. The van der Waals surface area contributed by atoms with Crippen molar-refractivity contribution in [3.8, 4) is 0 Å². The molecule has 1 aromatic heterocycles. The summed E-state index contributed by atoms with van der Waals surface area (Å²) in [4.78, 5) is 33.6.